The van der Waals surface area contributed by atoms with Crippen LogP contribution in [0.4, 0.5) is 0 Å². The molecule has 0 aliphatic heterocycles. The minimum Gasteiger partial charge on any atom is -0.462 e. The average Bonchev–Trinajstić information content (AvgIpc) is 0.897. The zero-order valence-electron chi connectivity index (χ0n) is 72.6. The number of aliphatic hydroxyl groups excluding tert-OH is 1. The van der Waals surface area contributed by atoms with Crippen molar-refractivity contribution in [2.75, 3.05) is 39.6 Å². The Hall–Kier alpha value is -1.94. The maximum atomic E-state index is 13.2. The van der Waals surface area contributed by atoms with Gasteiger partial charge in [-0.3, -0.25) is 37.3 Å². The summed E-state index contributed by atoms with van der Waals surface area (Å²) in [6.07, 6.45) is 76.5. The maximum Gasteiger partial charge on any atom is 0.472 e. The van der Waals surface area contributed by atoms with Gasteiger partial charge in [0.15, 0.2) is 12.2 Å². The highest BCUT2D eigenvalue weighted by Gasteiger charge is 2.31. The minimum absolute atomic E-state index is 0.108. The summed E-state index contributed by atoms with van der Waals surface area (Å²) >= 11 is 0. The molecule has 0 rings (SSSR count). The Balaban J connectivity index is 5.19. The van der Waals surface area contributed by atoms with E-state index in [0.29, 0.717) is 25.7 Å². The van der Waals surface area contributed by atoms with Gasteiger partial charge in [0.25, 0.3) is 0 Å². The quantitative estimate of drug-likeness (QED) is 0.0222. The lowest BCUT2D eigenvalue weighted by Gasteiger charge is -2.21. The third-order valence-electron chi connectivity index (χ3n) is 21.8. The van der Waals surface area contributed by atoms with Gasteiger partial charge < -0.3 is 33.8 Å². The van der Waals surface area contributed by atoms with Gasteiger partial charge in [-0.1, -0.05) is 440 Å². The first-order chi connectivity index (χ1) is 53.4. The molecule has 0 bridgehead atoms. The van der Waals surface area contributed by atoms with Crippen molar-refractivity contribution in [1.29, 1.82) is 0 Å². The minimum atomic E-state index is -4.97. The molecule has 0 amide bonds. The monoisotopic (exact) mass is 1610 g/mol. The molecule has 19 heteroatoms. The molecule has 0 saturated carbocycles. The van der Waals surface area contributed by atoms with Crippen LogP contribution in [-0.4, -0.2) is 96.7 Å². The highest BCUT2D eigenvalue weighted by molar-refractivity contribution is 7.47. The Bertz CT molecular complexity index is 2100. The first kappa shape index (κ1) is 108. The third kappa shape index (κ3) is 82.6. The van der Waals surface area contributed by atoms with Crippen LogP contribution in [0.15, 0.2) is 0 Å². The SMILES string of the molecule is CCCCCCCCCCCCCCCCCCCCCCC(=O)OC[C@H](COP(=O)(O)OC[C@@H](O)COP(=O)(O)OC[C@@H](COC(=O)CCCCCCCCCCC)OC(=O)CCCCCCCCCCCCCCCCCCC(C)C)OC(=O)CCCCCCCCCCCCCCCCCCCCC(C)CC. The molecule has 0 aliphatic rings. The number of phosphoric acid groups is 2. The predicted molar refractivity (Wildman–Crippen MR) is 455 cm³/mol. The van der Waals surface area contributed by atoms with E-state index < -0.39 is 97.5 Å². The van der Waals surface area contributed by atoms with Gasteiger partial charge in [-0.15, -0.1) is 0 Å². The van der Waals surface area contributed by atoms with E-state index in [2.05, 4.69) is 41.5 Å². The molecule has 0 fully saturated rings. The molecule has 0 aromatic heterocycles. The zero-order valence-corrected chi connectivity index (χ0v) is 74.4. The zero-order chi connectivity index (χ0) is 80.6. The standard InChI is InChI=1S/C91H178O17P2/c1-7-10-12-14-16-18-19-20-21-22-23-24-28-34-39-44-50-56-62-68-74-89(94)102-80-87(108-91(96)76-69-63-57-51-45-40-35-29-26-25-27-33-38-43-49-54-60-66-72-84(6)9-3)82-106-110(99,100)104-78-85(92)77-103-109(97,98)105-81-86(79-101-88(93)73-67-61-55-47-17-15-13-11-8-2)107-90(95)75-70-64-58-52-46-41-36-31-30-32-37-42-48-53-59-65-71-83(4)5/h83-87,92H,7-82H2,1-6H3,(H,97,98)(H,99,100)/t84?,85-,86+,87+/m0/s1. The largest absolute Gasteiger partial charge is 0.472 e. The van der Waals surface area contributed by atoms with Crippen molar-refractivity contribution in [3.63, 3.8) is 0 Å². The average molecular weight is 1610 g/mol. The summed E-state index contributed by atoms with van der Waals surface area (Å²) in [5, 5.41) is 10.7. The van der Waals surface area contributed by atoms with E-state index in [1.165, 1.54) is 308 Å². The Kier molecular flexibility index (Phi) is 80.7. The fourth-order valence-corrected chi connectivity index (χ4v) is 15.9. The summed E-state index contributed by atoms with van der Waals surface area (Å²) in [5.41, 5.74) is 0. The van der Waals surface area contributed by atoms with Crippen molar-refractivity contribution in [2.45, 2.75) is 509 Å². The Morgan fingerprint density at radius 2 is 0.464 bits per heavy atom. The van der Waals surface area contributed by atoms with E-state index in [0.717, 1.165) is 102 Å². The van der Waals surface area contributed by atoms with Crippen molar-refractivity contribution in [3.05, 3.63) is 0 Å². The van der Waals surface area contributed by atoms with Crippen LogP contribution in [0.3, 0.4) is 0 Å². The Morgan fingerprint density at radius 1 is 0.264 bits per heavy atom. The lowest BCUT2D eigenvalue weighted by Crippen LogP contribution is -2.30. The van der Waals surface area contributed by atoms with E-state index in [1.807, 2.05) is 0 Å². The van der Waals surface area contributed by atoms with Crippen LogP contribution < -0.4 is 0 Å². The third-order valence-corrected chi connectivity index (χ3v) is 23.7. The van der Waals surface area contributed by atoms with Gasteiger partial charge >= 0.3 is 39.5 Å². The molecule has 0 aromatic rings. The fraction of sp³-hybridized carbons (Fsp3) is 0.956. The number of esters is 4. The van der Waals surface area contributed by atoms with Crippen molar-refractivity contribution in [2.24, 2.45) is 11.8 Å². The number of carbonyl (C=O) groups is 4. The first-order valence-corrected chi connectivity index (χ1v) is 50.0. The number of hydrogen-bond acceptors (Lipinski definition) is 15. The van der Waals surface area contributed by atoms with Crippen LogP contribution in [0, 0.1) is 11.8 Å². The summed E-state index contributed by atoms with van der Waals surface area (Å²) < 4.78 is 69.0. The Morgan fingerprint density at radius 3 is 0.691 bits per heavy atom. The first-order valence-electron chi connectivity index (χ1n) is 47.0. The normalized spacial score (nSPS) is 14.0. The summed E-state index contributed by atoms with van der Waals surface area (Å²) in [7, 11) is -9.93. The van der Waals surface area contributed by atoms with Crippen LogP contribution in [-0.2, 0) is 65.4 Å². The molecule has 6 atom stereocenters. The van der Waals surface area contributed by atoms with Crippen LogP contribution >= 0.6 is 15.6 Å². The van der Waals surface area contributed by atoms with Crippen molar-refractivity contribution in [3.8, 4) is 0 Å². The number of aliphatic hydroxyl groups is 1. The lowest BCUT2D eigenvalue weighted by atomic mass is 9.99. The second-order valence-electron chi connectivity index (χ2n) is 33.4. The molecule has 0 saturated heterocycles. The number of hydrogen-bond donors (Lipinski definition) is 3. The molecule has 3 N–H and O–H groups in total. The van der Waals surface area contributed by atoms with Crippen LogP contribution in [0.2, 0.25) is 0 Å². The number of phosphoric ester groups is 2. The van der Waals surface area contributed by atoms with Gasteiger partial charge in [-0.25, -0.2) is 9.13 Å². The van der Waals surface area contributed by atoms with Crippen LogP contribution in [0.1, 0.15) is 491 Å². The second-order valence-corrected chi connectivity index (χ2v) is 36.3. The summed E-state index contributed by atoms with van der Waals surface area (Å²) in [4.78, 5) is 73.3. The maximum absolute atomic E-state index is 13.2. The van der Waals surface area contributed by atoms with E-state index >= 15 is 0 Å². The topological polar surface area (TPSA) is 237 Å². The lowest BCUT2D eigenvalue weighted by molar-refractivity contribution is -0.161. The molecule has 0 spiro atoms. The number of unbranched alkanes of at least 4 members (excludes halogenated alkanes) is 59. The molecule has 654 valence electrons. The van der Waals surface area contributed by atoms with Crippen molar-refractivity contribution in [1.82, 2.24) is 0 Å². The molecular weight excluding hydrogens is 1430 g/mol. The molecule has 0 heterocycles. The van der Waals surface area contributed by atoms with E-state index in [1.54, 1.807) is 0 Å². The van der Waals surface area contributed by atoms with Crippen LogP contribution in [0.5, 0.6) is 0 Å². The molecule has 0 radical (unpaired) electrons. The van der Waals surface area contributed by atoms with Crippen molar-refractivity contribution >= 4 is 39.5 Å². The second kappa shape index (κ2) is 82.2. The molecule has 17 nitrogen and oxygen atoms in total. The van der Waals surface area contributed by atoms with E-state index in [-0.39, 0.29) is 25.7 Å². The highest BCUT2D eigenvalue weighted by atomic mass is 31.2. The highest BCUT2D eigenvalue weighted by Crippen LogP contribution is 2.45. The molecule has 0 aliphatic carbocycles. The summed E-state index contributed by atoms with van der Waals surface area (Å²) in [6, 6.07) is 0. The van der Waals surface area contributed by atoms with E-state index in [9.17, 15) is 43.2 Å². The molecular formula is C91H178O17P2. The van der Waals surface area contributed by atoms with E-state index in [4.69, 9.17) is 37.0 Å². The Labute approximate surface area is 677 Å². The van der Waals surface area contributed by atoms with Crippen molar-refractivity contribution < 1.29 is 80.2 Å². The van der Waals surface area contributed by atoms with Gasteiger partial charge in [-0.05, 0) is 37.5 Å². The van der Waals surface area contributed by atoms with Crippen LogP contribution in [0.25, 0.3) is 0 Å². The fourth-order valence-electron chi connectivity index (χ4n) is 14.3. The summed E-state index contributed by atoms with van der Waals surface area (Å²) in [5.74, 6) is -0.417. The van der Waals surface area contributed by atoms with Gasteiger partial charge in [0.1, 0.15) is 19.3 Å². The molecule has 3 unspecified atom stereocenters. The van der Waals surface area contributed by atoms with Gasteiger partial charge in [0.05, 0.1) is 26.4 Å². The molecule has 110 heavy (non-hydrogen) atoms. The number of rotatable bonds is 90. The van der Waals surface area contributed by atoms with Gasteiger partial charge in [-0.2, -0.15) is 0 Å². The van der Waals surface area contributed by atoms with Gasteiger partial charge in [0, 0.05) is 25.7 Å². The number of ether oxygens (including phenoxy) is 4. The predicted octanol–water partition coefficient (Wildman–Crippen LogP) is 28.2. The van der Waals surface area contributed by atoms with Gasteiger partial charge in [0.2, 0.25) is 0 Å². The molecule has 0 aromatic carbocycles. The summed E-state index contributed by atoms with van der Waals surface area (Å²) in [6.45, 7) is 9.78. The number of carbonyl (C=O) groups excluding carboxylic acids is 4. The smallest absolute Gasteiger partial charge is 0.462 e.